The zero-order valence-electron chi connectivity index (χ0n) is 13.6. The molecule has 2 aromatic rings. The van der Waals surface area contributed by atoms with Crippen LogP contribution < -0.4 is 0 Å². The van der Waals surface area contributed by atoms with Crippen molar-refractivity contribution in [2.24, 2.45) is 0 Å². The summed E-state index contributed by atoms with van der Waals surface area (Å²) in [6.07, 6.45) is 3.60. The standard InChI is InChI=1S/C19H21NO2S2/c21-19(20-9-7-17-14(12-20)8-11-23-17)16-5-1-2-6-18(16)24-13-15-4-3-10-22-15/h1-2,5-6,8,11,15H,3-4,7,9-10,12-13H2. The predicted molar refractivity (Wildman–Crippen MR) is 98.9 cm³/mol. The highest BCUT2D eigenvalue weighted by Crippen LogP contribution is 2.30. The van der Waals surface area contributed by atoms with Gasteiger partial charge in [-0.1, -0.05) is 12.1 Å². The molecule has 0 aliphatic carbocycles. The Morgan fingerprint density at radius 2 is 2.25 bits per heavy atom. The molecule has 0 saturated carbocycles. The van der Waals surface area contributed by atoms with Crippen LogP contribution in [0.25, 0.3) is 0 Å². The van der Waals surface area contributed by atoms with Crippen molar-refractivity contribution in [2.45, 2.75) is 36.8 Å². The Morgan fingerprint density at radius 1 is 1.33 bits per heavy atom. The maximum Gasteiger partial charge on any atom is 0.255 e. The number of carbonyl (C=O) groups excluding carboxylic acids is 1. The first-order chi connectivity index (χ1) is 11.8. The Hall–Kier alpha value is -1.30. The highest BCUT2D eigenvalue weighted by atomic mass is 32.2. The molecule has 0 spiro atoms. The number of ether oxygens (including phenoxy) is 1. The van der Waals surface area contributed by atoms with Crippen molar-refractivity contribution in [2.75, 3.05) is 18.9 Å². The molecule has 1 saturated heterocycles. The lowest BCUT2D eigenvalue weighted by atomic mass is 10.1. The SMILES string of the molecule is O=C(c1ccccc1SCC1CCCO1)N1CCc2sccc2C1. The zero-order valence-corrected chi connectivity index (χ0v) is 15.2. The quantitative estimate of drug-likeness (QED) is 0.766. The second kappa shape index (κ2) is 7.30. The van der Waals surface area contributed by atoms with E-state index in [0.29, 0.717) is 6.10 Å². The molecule has 1 unspecified atom stereocenters. The molecule has 126 valence electrons. The third kappa shape index (κ3) is 3.39. The molecule has 0 radical (unpaired) electrons. The molecular weight excluding hydrogens is 338 g/mol. The van der Waals surface area contributed by atoms with Crippen LogP contribution in [0.3, 0.4) is 0 Å². The van der Waals surface area contributed by atoms with Crippen LogP contribution in [0.15, 0.2) is 40.6 Å². The fourth-order valence-electron chi connectivity index (χ4n) is 3.32. The van der Waals surface area contributed by atoms with Gasteiger partial charge >= 0.3 is 0 Å². The number of benzene rings is 1. The summed E-state index contributed by atoms with van der Waals surface area (Å²) in [5.41, 5.74) is 2.14. The van der Waals surface area contributed by atoms with Crippen LogP contribution >= 0.6 is 23.1 Å². The molecule has 1 atom stereocenters. The summed E-state index contributed by atoms with van der Waals surface area (Å²) < 4.78 is 5.71. The lowest BCUT2D eigenvalue weighted by Gasteiger charge is -2.27. The third-order valence-electron chi connectivity index (χ3n) is 4.66. The van der Waals surface area contributed by atoms with Crippen molar-refractivity contribution in [3.63, 3.8) is 0 Å². The Bertz CT molecular complexity index is 722. The van der Waals surface area contributed by atoms with Crippen molar-refractivity contribution >= 4 is 29.0 Å². The molecule has 4 rings (SSSR count). The number of amides is 1. The van der Waals surface area contributed by atoms with Gasteiger partial charge in [0.1, 0.15) is 0 Å². The fourth-order valence-corrected chi connectivity index (χ4v) is 5.32. The van der Waals surface area contributed by atoms with Gasteiger partial charge in [-0.25, -0.2) is 0 Å². The number of carbonyl (C=O) groups is 1. The van der Waals surface area contributed by atoms with Crippen molar-refractivity contribution in [1.29, 1.82) is 0 Å². The van der Waals surface area contributed by atoms with Gasteiger partial charge in [0.25, 0.3) is 5.91 Å². The second-order valence-corrected chi connectivity index (χ2v) is 8.35. The summed E-state index contributed by atoms with van der Waals surface area (Å²) >= 11 is 3.56. The topological polar surface area (TPSA) is 29.5 Å². The van der Waals surface area contributed by atoms with Crippen molar-refractivity contribution < 1.29 is 9.53 Å². The molecule has 3 nitrogen and oxygen atoms in total. The van der Waals surface area contributed by atoms with E-state index in [2.05, 4.69) is 17.5 Å². The lowest BCUT2D eigenvalue weighted by molar-refractivity contribution is 0.0732. The van der Waals surface area contributed by atoms with E-state index in [4.69, 9.17) is 4.74 Å². The lowest BCUT2D eigenvalue weighted by Crippen LogP contribution is -2.35. The van der Waals surface area contributed by atoms with Crippen LogP contribution in [0.5, 0.6) is 0 Å². The van der Waals surface area contributed by atoms with Gasteiger partial charge in [0.2, 0.25) is 0 Å². The van der Waals surface area contributed by atoms with Gasteiger partial charge in [0.05, 0.1) is 11.7 Å². The van der Waals surface area contributed by atoms with E-state index in [-0.39, 0.29) is 5.91 Å². The summed E-state index contributed by atoms with van der Waals surface area (Å²) in [5, 5.41) is 2.13. The highest BCUT2D eigenvalue weighted by Gasteiger charge is 2.24. The molecule has 0 bridgehead atoms. The van der Waals surface area contributed by atoms with Gasteiger partial charge in [-0.2, -0.15) is 0 Å². The fraction of sp³-hybridized carbons (Fsp3) is 0.421. The maximum absolute atomic E-state index is 13.0. The van der Waals surface area contributed by atoms with Gasteiger partial charge < -0.3 is 9.64 Å². The number of rotatable bonds is 4. The summed E-state index contributed by atoms with van der Waals surface area (Å²) in [4.78, 5) is 17.5. The second-order valence-electron chi connectivity index (χ2n) is 6.29. The molecular formula is C19H21NO2S2. The summed E-state index contributed by atoms with van der Waals surface area (Å²) in [6, 6.07) is 10.2. The minimum absolute atomic E-state index is 0.155. The maximum atomic E-state index is 13.0. The number of fused-ring (bicyclic) bond motifs is 1. The van der Waals surface area contributed by atoms with Crippen LogP contribution in [0.4, 0.5) is 0 Å². The van der Waals surface area contributed by atoms with Crippen molar-refractivity contribution in [1.82, 2.24) is 4.90 Å². The molecule has 3 heterocycles. The first-order valence-electron chi connectivity index (χ1n) is 8.49. The summed E-state index contributed by atoms with van der Waals surface area (Å²) in [7, 11) is 0. The van der Waals surface area contributed by atoms with Gasteiger partial charge in [0.15, 0.2) is 0 Å². The van der Waals surface area contributed by atoms with Crippen molar-refractivity contribution in [3.8, 4) is 0 Å². The smallest absolute Gasteiger partial charge is 0.255 e. The molecule has 24 heavy (non-hydrogen) atoms. The molecule has 1 aromatic carbocycles. The van der Waals surface area contributed by atoms with Crippen LogP contribution in [0, 0.1) is 0 Å². The Balaban J connectivity index is 1.48. The average Bonchev–Trinajstić information content (AvgIpc) is 3.30. The Kier molecular flexibility index (Phi) is 4.92. The van der Waals surface area contributed by atoms with E-state index in [0.717, 1.165) is 55.2 Å². The van der Waals surface area contributed by atoms with Crippen LogP contribution in [-0.4, -0.2) is 35.8 Å². The number of hydrogen-bond donors (Lipinski definition) is 0. The van der Waals surface area contributed by atoms with Gasteiger partial charge in [-0.3, -0.25) is 4.79 Å². The molecule has 5 heteroatoms. The minimum Gasteiger partial charge on any atom is -0.377 e. The number of hydrogen-bond acceptors (Lipinski definition) is 4. The molecule has 2 aliphatic heterocycles. The van der Waals surface area contributed by atoms with Gasteiger partial charge in [-0.05, 0) is 48.4 Å². The predicted octanol–water partition coefficient (Wildman–Crippen LogP) is 4.22. The molecule has 1 amide bonds. The first-order valence-corrected chi connectivity index (χ1v) is 10.4. The minimum atomic E-state index is 0.155. The number of thioether (sulfide) groups is 1. The first kappa shape index (κ1) is 16.2. The van der Waals surface area contributed by atoms with E-state index < -0.39 is 0 Å². The summed E-state index contributed by atoms with van der Waals surface area (Å²) in [5.74, 6) is 1.08. The van der Waals surface area contributed by atoms with E-state index in [9.17, 15) is 4.79 Å². The zero-order chi connectivity index (χ0) is 16.4. The number of thiophene rings is 1. The molecule has 1 fully saturated rings. The van der Waals surface area contributed by atoms with E-state index in [1.807, 2.05) is 23.1 Å². The van der Waals surface area contributed by atoms with E-state index in [1.54, 1.807) is 23.1 Å². The van der Waals surface area contributed by atoms with Crippen molar-refractivity contribution in [3.05, 3.63) is 51.7 Å². The van der Waals surface area contributed by atoms with Gasteiger partial charge in [0, 0.05) is 35.2 Å². The van der Waals surface area contributed by atoms with Gasteiger partial charge in [-0.15, -0.1) is 23.1 Å². The summed E-state index contributed by atoms with van der Waals surface area (Å²) in [6.45, 7) is 2.43. The molecule has 1 aromatic heterocycles. The number of nitrogens with zero attached hydrogens (tertiary/aromatic N) is 1. The largest absolute Gasteiger partial charge is 0.377 e. The van der Waals surface area contributed by atoms with Crippen LogP contribution in [0.2, 0.25) is 0 Å². The van der Waals surface area contributed by atoms with Crippen LogP contribution in [-0.2, 0) is 17.7 Å². The monoisotopic (exact) mass is 359 g/mol. The Labute approximate surface area is 151 Å². The molecule has 0 N–H and O–H groups in total. The highest BCUT2D eigenvalue weighted by molar-refractivity contribution is 7.99. The normalized spacial score (nSPS) is 20.2. The molecule has 2 aliphatic rings. The van der Waals surface area contributed by atoms with E-state index in [1.165, 1.54) is 10.4 Å². The Morgan fingerprint density at radius 3 is 3.12 bits per heavy atom. The third-order valence-corrected chi connectivity index (χ3v) is 6.89. The van der Waals surface area contributed by atoms with E-state index >= 15 is 0 Å². The average molecular weight is 360 g/mol. The van der Waals surface area contributed by atoms with Crippen LogP contribution in [0.1, 0.15) is 33.6 Å².